The molecular formula is C33H38ClN5O7. The number of aromatic nitrogens is 1. The molecule has 1 heterocycles. The molecule has 1 atom stereocenters. The lowest BCUT2D eigenvalue weighted by Gasteiger charge is -2.29. The molecular weight excluding hydrogens is 614 g/mol. The topological polar surface area (TPSA) is 162 Å². The van der Waals surface area contributed by atoms with E-state index < -0.39 is 22.7 Å². The molecule has 1 aliphatic carbocycles. The second kappa shape index (κ2) is 15.5. The van der Waals surface area contributed by atoms with Crippen LogP contribution in [0.15, 0.2) is 67.0 Å². The summed E-state index contributed by atoms with van der Waals surface area (Å²) < 4.78 is 11.0. The lowest BCUT2D eigenvalue weighted by molar-refractivity contribution is -0.385. The first-order valence-electron chi connectivity index (χ1n) is 15.0. The van der Waals surface area contributed by atoms with E-state index >= 15 is 0 Å². The van der Waals surface area contributed by atoms with Crippen LogP contribution in [0.5, 0.6) is 11.5 Å². The molecule has 0 unspecified atom stereocenters. The van der Waals surface area contributed by atoms with Crippen LogP contribution >= 0.6 is 11.6 Å². The maximum atomic E-state index is 13.4. The minimum Gasteiger partial charge on any atom is -0.450 e. The fourth-order valence-electron chi connectivity index (χ4n) is 5.11. The summed E-state index contributed by atoms with van der Waals surface area (Å²) in [6, 6.07) is 13.2. The van der Waals surface area contributed by atoms with Gasteiger partial charge in [-0.25, -0.2) is 4.79 Å². The van der Waals surface area contributed by atoms with Crippen molar-refractivity contribution in [2.24, 2.45) is 11.8 Å². The summed E-state index contributed by atoms with van der Waals surface area (Å²) in [5.74, 6) is -0.280. The highest BCUT2D eigenvalue weighted by Crippen LogP contribution is 2.34. The van der Waals surface area contributed by atoms with E-state index in [1.165, 1.54) is 18.2 Å². The molecule has 0 spiro atoms. The third-order valence-electron chi connectivity index (χ3n) is 7.44. The zero-order valence-electron chi connectivity index (χ0n) is 26.0. The molecule has 3 amide bonds. The Hall–Kier alpha value is -4.71. The number of carbonyl (C=O) groups is 3. The van der Waals surface area contributed by atoms with E-state index in [0.717, 1.165) is 18.4 Å². The molecule has 0 saturated heterocycles. The first-order valence-corrected chi connectivity index (χ1v) is 15.4. The Bertz CT molecular complexity index is 1520. The minimum absolute atomic E-state index is 0.00228. The number of carbonyl (C=O) groups excluding carboxylic acids is 3. The summed E-state index contributed by atoms with van der Waals surface area (Å²) >= 11 is 6.01. The van der Waals surface area contributed by atoms with E-state index in [9.17, 15) is 24.5 Å². The second-order valence-electron chi connectivity index (χ2n) is 12.2. The summed E-state index contributed by atoms with van der Waals surface area (Å²) in [6.45, 7) is 5.90. The van der Waals surface area contributed by atoms with Gasteiger partial charge in [-0.3, -0.25) is 24.7 Å². The fourth-order valence-corrected chi connectivity index (χ4v) is 5.27. The number of nitrogens with one attached hydrogen (secondary N) is 3. The van der Waals surface area contributed by atoms with Crippen molar-refractivity contribution in [2.75, 3.05) is 11.9 Å². The number of alkyl carbamates (subject to hydrolysis) is 1. The van der Waals surface area contributed by atoms with E-state index in [-0.39, 0.29) is 41.5 Å². The summed E-state index contributed by atoms with van der Waals surface area (Å²) in [6.07, 6.45) is 5.63. The van der Waals surface area contributed by atoms with Crippen LogP contribution in [0.2, 0.25) is 5.02 Å². The van der Waals surface area contributed by atoms with Gasteiger partial charge in [0.15, 0.2) is 0 Å². The fraction of sp³-hybridized carbons (Fsp3) is 0.394. The maximum absolute atomic E-state index is 13.4. The van der Waals surface area contributed by atoms with Crippen LogP contribution in [-0.4, -0.2) is 46.0 Å². The number of nitrogens with zero attached hydrogens (tertiary/aromatic N) is 2. The van der Waals surface area contributed by atoms with E-state index in [2.05, 4.69) is 20.9 Å². The molecule has 13 heteroatoms. The zero-order valence-corrected chi connectivity index (χ0v) is 26.7. The number of benzene rings is 2. The smallest absolute Gasteiger partial charge is 0.407 e. The van der Waals surface area contributed by atoms with Crippen LogP contribution in [-0.2, 0) is 20.7 Å². The number of pyridine rings is 1. The van der Waals surface area contributed by atoms with Gasteiger partial charge in [-0.15, -0.1) is 0 Å². The van der Waals surface area contributed by atoms with E-state index in [0.29, 0.717) is 35.8 Å². The van der Waals surface area contributed by atoms with Gasteiger partial charge in [-0.05, 0) is 88.3 Å². The minimum atomic E-state index is -0.881. The largest absolute Gasteiger partial charge is 0.450 e. The van der Waals surface area contributed by atoms with E-state index in [1.807, 2.05) is 20.8 Å². The molecule has 3 aromatic rings. The van der Waals surface area contributed by atoms with E-state index in [1.54, 1.807) is 48.8 Å². The maximum Gasteiger partial charge on any atom is 0.407 e. The second-order valence-corrected chi connectivity index (χ2v) is 12.6. The van der Waals surface area contributed by atoms with Gasteiger partial charge in [0.25, 0.3) is 0 Å². The predicted octanol–water partition coefficient (Wildman–Crippen LogP) is 6.43. The van der Waals surface area contributed by atoms with Gasteiger partial charge in [0.05, 0.1) is 4.92 Å². The van der Waals surface area contributed by atoms with Crippen molar-refractivity contribution in [2.45, 2.75) is 64.5 Å². The van der Waals surface area contributed by atoms with Gasteiger partial charge in [0.1, 0.15) is 17.4 Å². The van der Waals surface area contributed by atoms with Crippen LogP contribution in [0.25, 0.3) is 0 Å². The van der Waals surface area contributed by atoms with Crippen LogP contribution in [0.1, 0.15) is 52.0 Å². The summed E-state index contributed by atoms with van der Waals surface area (Å²) in [5, 5.41) is 20.3. The van der Waals surface area contributed by atoms with Crippen LogP contribution in [0.4, 0.5) is 16.2 Å². The van der Waals surface area contributed by atoms with Crippen molar-refractivity contribution in [3.63, 3.8) is 0 Å². The summed E-state index contributed by atoms with van der Waals surface area (Å²) in [7, 11) is 0. The van der Waals surface area contributed by atoms with Crippen LogP contribution < -0.4 is 20.7 Å². The molecule has 46 heavy (non-hydrogen) atoms. The molecule has 1 fully saturated rings. The van der Waals surface area contributed by atoms with Crippen molar-refractivity contribution in [3.05, 3.63) is 87.7 Å². The summed E-state index contributed by atoms with van der Waals surface area (Å²) in [5.41, 5.74) is 0.484. The molecule has 0 aliphatic heterocycles. The molecule has 12 nitrogen and oxygen atoms in total. The standard InChI is InChI=1S/C33H38ClN5O7/c1-33(2,3)46-32(42)36-20-22-4-8-23(9-5-22)30(40)38-27(31(41)37-25-14-16-35-17-15-25)18-21-6-11-26(12-7-21)45-29-19-24(34)10-13-28(29)39(43)44/h6-7,10-17,19,22-23,27H,4-5,8-9,18,20H2,1-3H3,(H,36,42)(H,38,40)(H,35,37,41)/t22-,23-,27-/m0/s1. The molecule has 4 rings (SSSR count). The number of halogens is 1. The van der Waals surface area contributed by atoms with Crippen molar-refractivity contribution in [3.8, 4) is 11.5 Å². The van der Waals surface area contributed by atoms with Gasteiger partial charge >= 0.3 is 11.8 Å². The monoisotopic (exact) mass is 651 g/mol. The first kappa shape index (κ1) is 34.2. The van der Waals surface area contributed by atoms with Crippen molar-refractivity contribution in [1.82, 2.24) is 15.6 Å². The van der Waals surface area contributed by atoms with Crippen LogP contribution in [0.3, 0.4) is 0 Å². The third-order valence-corrected chi connectivity index (χ3v) is 7.68. The van der Waals surface area contributed by atoms with Crippen molar-refractivity contribution in [1.29, 1.82) is 0 Å². The summed E-state index contributed by atoms with van der Waals surface area (Å²) in [4.78, 5) is 53.6. The Balaban J connectivity index is 1.39. The molecule has 244 valence electrons. The lowest BCUT2D eigenvalue weighted by Crippen LogP contribution is -2.48. The van der Waals surface area contributed by atoms with Crippen molar-refractivity contribution >= 4 is 40.9 Å². The van der Waals surface area contributed by atoms with Gasteiger partial charge < -0.3 is 25.4 Å². The number of nitro groups is 1. The molecule has 1 aromatic heterocycles. The molecule has 1 saturated carbocycles. The number of anilines is 1. The molecule has 2 aromatic carbocycles. The normalized spacial score (nSPS) is 16.9. The highest BCUT2D eigenvalue weighted by atomic mass is 35.5. The number of nitro benzene ring substituents is 1. The number of hydrogen-bond donors (Lipinski definition) is 3. The van der Waals surface area contributed by atoms with Gasteiger partial charge in [0, 0.05) is 54.1 Å². The average Bonchev–Trinajstić information content (AvgIpc) is 3.00. The van der Waals surface area contributed by atoms with E-state index in [4.69, 9.17) is 21.1 Å². The van der Waals surface area contributed by atoms with Gasteiger partial charge in [-0.1, -0.05) is 23.7 Å². The molecule has 3 N–H and O–H groups in total. The molecule has 0 radical (unpaired) electrons. The Morgan fingerprint density at radius 3 is 2.33 bits per heavy atom. The molecule has 0 bridgehead atoms. The van der Waals surface area contributed by atoms with Gasteiger partial charge in [0.2, 0.25) is 17.6 Å². The Morgan fingerprint density at radius 2 is 1.70 bits per heavy atom. The SMILES string of the molecule is CC(C)(C)OC(=O)NC[C@H]1CC[C@H](C(=O)N[C@@H](Cc2ccc(Oc3cc(Cl)ccc3[N+](=O)[O-])cc2)C(=O)Nc2ccncc2)CC1. The third kappa shape index (κ3) is 10.4. The van der Waals surface area contributed by atoms with Crippen molar-refractivity contribution < 1.29 is 28.8 Å². The Labute approximate surface area is 272 Å². The molecule has 1 aliphatic rings. The lowest BCUT2D eigenvalue weighted by atomic mass is 9.81. The zero-order chi connectivity index (χ0) is 33.3. The van der Waals surface area contributed by atoms with Gasteiger partial charge in [-0.2, -0.15) is 0 Å². The number of ether oxygens (including phenoxy) is 2. The highest BCUT2D eigenvalue weighted by Gasteiger charge is 2.30. The Morgan fingerprint density at radius 1 is 1.02 bits per heavy atom. The number of hydrogen-bond acceptors (Lipinski definition) is 8. The van der Waals surface area contributed by atoms with Crippen LogP contribution in [0, 0.1) is 22.0 Å². The first-order chi connectivity index (χ1) is 21.9. The number of rotatable bonds is 11. The number of amides is 3. The quantitative estimate of drug-likeness (QED) is 0.158. The average molecular weight is 652 g/mol. The highest BCUT2D eigenvalue weighted by molar-refractivity contribution is 6.30. The predicted molar refractivity (Wildman–Crippen MR) is 173 cm³/mol. The Kier molecular flexibility index (Phi) is 11.5.